The number of rotatable bonds is 6. The maximum Gasteiger partial charge on any atom is 0.243 e. The normalized spacial score (nSPS) is 16.7. The number of nitrogens with one attached hydrogen (secondary N) is 1. The molecule has 2 aromatic rings. The summed E-state index contributed by atoms with van der Waals surface area (Å²) in [4.78, 5) is 5.56. The van der Waals surface area contributed by atoms with E-state index in [1.54, 1.807) is 28.4 Å². The Kier molecular flexibility index (Phi) is 5.10. The van der Waals surface area contributed by atoms with Crippen molar-refractivity contribution in [1.29, 1.82) is 0 Å². The lowest BCUT2D eigenvalue weighted by molar-refractivity contribution is 0.0662. The summed E-state index contributed by atoms with van der Waals surface area (Å²) in [7, 11) is -3.53. The highest BCUT2D eigenvalue weighted by Crippen LogP contribution is 2.21. The third-order valence-corrected chi connectivity index (χ3v) is 6.14. The molecule has 2 aromatic heterocycles. The van der Waals surface area contributed by atoms with Gasteiger partial charge in [0.15, 0.2) is 0 Å². The van der Waals surface area contributed by atoms with Crippen LogP contribution in [0.3, 0.4) is 0 Å². The second kappa shape index (κ2) is 7.08. The number of aromatic nitrogens is 3. The molecule has 0 aliphatic carbocycles. The van der Waals surface area contributed by atoms with Crippen molar-refractivity contribution in [3.8, 4) is 0 Å². The summed E-state index contributed by atoms with van der Waals surface area (Å²) in [6, 6.07) is 0.214. The molecule has 23 heavy (non-hydrogen) atoms. The van der Waals surface area contributed by atoms with Gasteiger partial charge in [-0.3, -0.25) is 4.68 Å². The van der Waals surface area contributed by atoms with Crippen molar-refractivity contribution in [2.45, 2.75) is 37.1 Å². The Balaban J connectivity index is 1.59. The van der Waals surface area contributed by atoms with Crippen LogP contribution in [0.5, 0.6) is 0 Å². The molecule has 0 amide bonds. The van der Waals surface area contributed by atoms with E-state index < -0.39 is 10.0 Å². The van der Waals surface area contributed by atoms with Gasteiger partial charge in [0, 0.05) is 43.5 Å². The molecule has 0 spiro atoms. The summed E-state index contributed by atoms with van der Waals surface area (Å²) in [5.41, 5.74) is 0. The van der Waals surface area contributed by atoms with E-state index >= 15 is 0 Å². The predicted octanol–water partition coefficient (Wildman–Crippen LogP) is 1.52. The number of nitrogens with zero attached hydrogens (tertiary/aromatic N) is 3. The van der Waals surface area contributed by atoms with Crippen molar-refractivity contribution in [3.63, 3.8) is 0 Å². The molecule has 126 valence electrons. The molecule has 1 aliphatic rings. The number of aryl methyl sites for hydroxylation is 1. The van der Waals surface area contributed by atoms with E-state index in [1.807, 2.05) is 6.92 Å². The van der Waals surface area contributed by atoms with Gasteiger partial charge in [0.25, 0.3) is 0 Å². The highest BCUT2D eigenvalue weighted by molar-refractivity contribution is 7.89. The van der Waals surface area contributed by atoms with Crippen molar-refractivity contribution in [2.24, 2.45) is 0 Å². The molecule has 0 radical (unpaired) electrons. The van der Waals surface area contributed by atoms with Crippen LogP contribution in [0.1, 0.15) is 28.8 Å². The zero-order valence-corrected chi connectivity index (χ0v) is 14.6. The fourth-order valence-electron chi connectivity index (χ4n) is 2.50. The molecular formula is C14H20N4O3S2. The summed E-state index contributed by atoms with van der Waals surface area (Å²) >= 11 is 1.58. The topological polar surface area (TPSA) is 86.1 Å². The molecule has 0 bridgehead atoms. The summed E-state index contributed by atoms with van der Waals surface area (Å²) in [6.45, 7) is 3.70. The van der Waals surface area contributed by atoms with Gasteiger partial charge in [0.05, 0.1) is 17.2 Å². The van der Waals surface area contributed by atoms with E-state index in [4.69, 9.17) is 4.74 Å². The van der Waals surface area contributed by atoms with Gasteiger partial charge in [0.1, 0.15) is 4.90 Å². The second-order valence-electron chi connectivity index (χ2n) is 5.51. The molecule has 1 N–H and O–H groups in total. The van der Waals surface area contributed by atoms with Crippen LogP contribution in [0, 0.1) is 6.92 Å². The Hall–Kier alpha value is -1.29. The van der Waals surface area contributed by atoms with E-state index in [0.717, 1.165) is 22.7 Å². The highest BCUT2D eigenvalue weighted by Gasteiger charge is 2.21. The van der Waals surface area contributed by atoms with E-state index in [9.17, 15) is 8.42 Å². The Morgan fingerprint density at radius 3 is 2.87 bits per heavy atom. The van der Waals surface area contributed by atoms with Crippen molar-refractivity contribution in [1.82, 2.24) is 19.5 Å². The smallest absolute Gasteiger partial charge is 0.243 e. The van der Waals surface area contributed by atoms with Gasteiger partial charge in [-0.1, -0.05) is 0 Å². The molecule has 0 unspecified atom stereocenters. The predicted molar refractivity (Wildman–Crippen MR) is 87.1 cm³/mol. The summed E-state index contributed by atoms with van der Waals surface area (Å²) in [6.07, 6.45) is 7.12. The lowest BCUT2D eigenvalue weighted by atomic mass is 10.1. The molecular weight excluding hydrogens is 336 g/mol. The second-order valence-corrected chi connectivity index (χ2v) is 8.60. The summed E-state index contributed by atoms with van der Waals surface area (Å²) in [5, 5.41) is 5.14. The zero-order valence-electron chi connectivity index (χ0n) is 12.9. The van der Waals surface area contributed by atoms with Crippen LogP contribution in [0.25, 0.3) is 0 Å². The van der Waals surface area contributed by atoms with Crippen molar-refractivity contribution in [3.05, 3.63) is 28.5 Å². The Bertz CT molecular complexity index is 748. The van der Waals surface area contributed by atoms with Gasteiger partial charge in [-0.15, -0.1) is 11.3 Å². The van der Waals surface area contributed by atoms with E-state index in [-0.39, 0.29) is 10.9 Å². The number of hydrogen-bond donors (Lipinski definition) is 1. The van der Waals surface area contributed by atoms with Gasteiger partial charge in [-0.25, -0.2) is 18.1 Å². The zero-order chi connectivity index (χ0) is 16.3. The minimum atomic E-state index is -3.53. The Morgan fingerprint density at radius 2 is 2.17 bits per heavy atom. The monoisotopic (exact) mass is 356 g/mol. The van der Waals surface area contributed by atoms with Crippen molar-refractivity contribution >= 4 is 21.4 Å². The molecule has 1 fully saturated rings. The molecule has 0 atom stereocenters. The molecule has 3 heterocycles. The maximum atomic E-state index is 12.3. The maximum absolute atomic E-state index is 12.3. The molecule has 3 rings (SSSR count). The first kappa shape index (κ1) is 16.6. The van der Waals surface area contributed by atoms with Gasteiger partial charge >= 0.3 is 0 Å². The Labute approximate surface area is 139 Å². The highest BCUT2D eigenvalue weighted by atomic mass is 32.2. The molecule has 1 aliphatic heterocycles. The van der Waals surface area contributed by atoms with Crippen molar-refractivity contribution in [2.75, 3.05) is 19.8 Å². The molecule has 0 saturated carbocycles. The fraction of sp³-hybridized carbons (Fsp3) is 0.571. The van der Waals surface area contributed by atoms with E-state index in [1.165, 1.54) is 6.20 Å². The average molecular weight is 356 g/mol. The molecule has 0 aromatic carbocycles. The average Bonchev–Trinajstić information content (AvgIpc) is 3.18. The number of sulfonamides is 1. The standard InChI is InChI=1S/C14H20N4O3S2/c1-11-8-15-14(22-11)2-5-17-23(19,20)13-9-16-18(10-13)12-3-6-21-7-4-12/h8-10,12,17H,2-7H2,1H3. The van der Waals surface area contributed by atoms with Crippen LogP contribution < -0.4 is 4.72 Å². The van der Waals surface area contributed by atoms with Gasteiger partial charge in [-0.05, 0) is 19.8 Å². The minimum Gasteiger partial charge on any atom is -0.381 e. The van der Waals surface area contributed by atoms with Crippen LogP contribution in [0.4, 0.5) is 0 Å². The molecule has 7 nitrogen and oxygen atoms in total. The third kappa shape index (κ3) is 4.17. The lowest BCUT2D eigenvalue weighted by Gasteiger charge is -2.22. The minimum absolute atomic E-state index is 0.208. The van der Waals surface area contributed by atoms with Crippen LogP contribution in [-0.4, -0.2) is 42.9 Å². The number of ether oxygens (including phenoxy) is 1. The largest absolute Gasteiger partial charge is 0.381 e. The fourth-order valence-corrected chi connectivity index (χ4v) is 4.26. The summed E-state index contributed by atoms with van der Waals surface area (Å²) < 4.78 is 34.3. The molecule has 9 heteroatoms. The number of hydrogen-bond acceptors (Lipinski definition) is 6. The van der Waals surface area contributed by atoms with Gasteiger partial charge in [0.2, 0.25) is 10.0 Å². The third-order valence-electron chi connectivity index (χ3n) is 3.75. The first-order valence-electron chi connectivity index (χ1n) is 7.57. The van der Waals surface area contributed by atoms with Gasteiger partial charge < -0.3 is 4.74 Å². The first-order valence-corrected chi connectivity index (χ1v) is 9.87. The first-order chi connectivity index (χ1) is 11.0. The van der Waals surface area contributed by atoms with Crippen LogP contribution >= 0.6 is 11.3 Å². The number of thiazole rings is 1. The van der Waals surface area contributed by atoms with E-state index in [0.29, 0.717) is 26.2 Å². The summed E-state index contributed by atoms with van der Waals surface area (Å²) in [5.74, 6) is 0. The lowest BCUT2D eigenvalue weighted by Crippen LogP contribution is -2.25. The van der Waals surface area contributed by atoms with Crippen LogP contribution in [-0.2, 0) is 21.2 Å². The molecule has 1 saturated heterocycles. The van der Waals surface area contributed by atoms with E-state index in [2.05, 4.69) is 14.8 Å². The van der Waals surface area contributed by atoms with Crippen LogP contribution in [0.15, 0.2) is 23.5 Å². The SMILES string of the molecule is Cc1cnc(CCNS(=O)(=O)c2cnn(C3CCOCC3)c2)s1. The van der Waals surface area contributed by atoms with Gasteiger partial charge in [-0.2, -0.15) is 5.10 Å². The van der Waals surface area contributed by atoms with Crippen LogP contribution in [0.2, 0.25) is 0 Å². The van der Waals surface area contributed by atoms with Crippen molar-refractivity contribution < 1.29 is 13.2 Å². The quantitative estimate of drug-likeness (QED) is 0.848. The Morgan fingerprint density at radius 1 is 1.39 bits per heavy atom.